The van der Waals surface area contributed by atoms with Gasteiger partial charge in [-0.3, -0.25) is 14.5 Å². The van der Waals surface area contributed by atoms with E-state index >= 15 is 0 Å². The first-order valence-electron chi connectivity index (χ1n) is 10.3. The summed E-state index contributed by atoms with van der Waals surface area (Å²) in [6.45, 7) is 0. The molecule has 9 heteroatoms. The van der Waals surface area contributed by atoms with Gasteiger partial charge in [-0.05, 0) is 48.0 Å². The minimum Gasteiger partial charge on any atom is -0.497 e. The number of carbonyl (C=O) groups is 2. The second-order valence-electron chi connectivity index (χ2n) is 7.37. The van der Waals surface area contributed by atoms with Crippen LogP contribution in [-0.2, 0) is 11.8 Å². The summed E-state index contributed by atoms with van der Waals surface area (Å²) in [6.07, 6.45) is 3.52. The van der Waals surface area contributed by atoms with E-state index in [-0.39, 0.29) is 23.1 Å². The molecule has 7 nitrogen and oxygen atoms in total. The van der Waals surface area contributed by atoms with E-state index < -0.39 is 0 Å². The van der Waals surface area contributed by atoms with E-state index in [0.29, 0.717) is 33.1 Å². The largest absolute Gasteiger partial charge is 0.497 e. The molecule has 0 fully saturated rings. The molecule has 1 aliphatic rings. The fraction of sp³-hybridized carbons (Fsp3) is 0.160. The minimum absolute atomic E-state index is 0.0612. The number of ether oxygens (including phenoxy) is 2. The lowest BCUT2D eigenvalue weighted by Gasteiger charge is -2.18. The molecule has 0 bridgehead atoms. The Morgan fingerprint density at radius 3 is 2.53 bits per heavy atom. The number of aryl methyl sites for hydroxylation is 1. The molecule has 34 heavy (non-hydrogen) atoms. The van der Waals surface area contributed by atoms with Crippen LogP contribution >= 0.6 is 23.4 Å². The molecule has 1 amide bonds. The van der Waals surface area contributed by atoms with Gasteiger partial charge in [0.25, 0.3) is 5.91 Å². The van der Waals surface area contributed by atoms with Crippen molar-refractivity contribution in [3.8, 4) is 11.5 Å². The summed E-state index contributed by atoms with van der Waals surface area (Å²) in [5, 5.41) is 0.827. The average Bonchev–Trinajstić information content (AvgIpc) is 3.41. The molecule has 3 aromatic rings. The van der Waals surface area contributed by atoms with Crippen LogP contribution in [0.2, 0.25) is 5.02 Å². The van der Waals surface area contributed by atoms with Gasteiger partial charge < -0.3 is 14.0 Å². The summed E-state index contributed by atoms with van der Waals surface area (Å²) >= 11 is 7.38. The van der Waals surface area contributed by atoms with Crippen molar-refractivity contribution in [3.63, 3.8) is 0 Å². The summed E-state index contributed by atoms with van der Waals surface area (Å²) in [4.78, 5) is 32.2. The Bertz CT molecular complexity index is 1300. The highest BCUT2D eigenvalue weighted by Gasteiger charge is 2.33. The fourth-order valence-corrected chi connectivity index (χ4v) is 4.50. The summed E-state index contributed by atoms with van der Waals surface area (Å²) in [6, 6.07) is 15.9. The highest BCUT2D eigenvalue weighted by Crippen LogP contribution is 2.34. The molecule has 4 rings (SSSR count). The Hall–Kier alpha value is -3.49. The quantitative estimate of drug-likeness (QED) is 0.338. The van der Waals surface area contributed by atoms with Gasteiger partial charge in [-0.2, -0.15) is 0 Å². The molecule has 0 spiro atoms. The molecular weight excluding hydrogens is 474 g/mol. The number of ketones is 1. The lowest BCUT2D eigenvalue weighted by molar-refractivity contribution is -0.113. The van der Waals surface area contributed by atoms with Crippen LogP contribution in [-0.4, -0.2) is 41.4 Å². The molecule has 0 saturated carbocycles. The van der Waals surface area contributed by atoms with Gasteiger partial charge in [0.2, 0.25) is 0 Å². The Kier molecular flexibility index (Phi) is 7.09. The van der Waals surface area contributed by atoms with Crippen molar-refractivity contribution in [1.29, 1.82) is 0 Å². The minimum atomic E-state index is -0.311. The number of rotatable bonds is 7. The van der Waals surface area contributed by atoms with Crippen LogP contribution in [0, 0.1) is 0 Å². The number of Topliss-reactive ketones (excluding diaryl/α,β-unsaturated/α-hetero) is 1. The van der Waals surface area contributed by atoms with Crippen LogP contribution < -0.4 is 14.4 Å². The highest BCUT2D eigenvalue weighted by molar-refractivity contribution is 8.14. The first-order valence-corrected chi connectivity index (χ1v) is 11.7. The van der Waals surface area contributed by atoms with Gasteiger partial charge in [0.1, 0.15) is 17.2 Å². The Morgan fingerprint density at radius 1 is 1.12 bits per heavy atom. The monoisotopic (exact) mass is 495 g/mol. The Labute approximate surface area is 206 Å². The number of hydrogen-bond donors (Lipinski definition) is 0. The number of aromatic nitrogens is 1. The number of amides is 1. The van der Waals surface area contributed by atoms with Crippen LogP contribution in [0.3, 0.4) is 0 Å². The maximum Gasteiger partial charge on any atom is 0.283 e. The normalized spacial score (nSPS) is 14.5. The number of hydrogen-bond acceptors (Lipinski definition) is 6. The number of aliphatic imine (C=N–C) groups is 1. The van der Waals surface area contributed by atoms with Crippen molar-refractivity contribution in [2.75, 3.05) is 24.9 Å². The van der Waals surface area contributed by atoms with E-state index in [1.54, 1.807) is 42.0 Å². The van der Waals surface area contributed by atoms with Crippen LogP contribution in [0.5, 0.6) is 11.5 Å². The fourth-order valence-electron chi connectivity index (χ4n) is 3.42. The molecule has 0 radical (unpaired) electrons. The second-order valence-corrected chi connectivity index (χ2v) is 8.72. The van der Waals surface area contributed by atoms with Gasteiger partial charge >= 0.3 is 0 Å². The van der Waals surface area contributed by atoms with Gasteiger partial charge in [0.15, 0.2) is 11.0 Å². The van der Waals surface area contributed by atoms with Crippen molar-refractivity contribution >= 4 is 52.0 Å². The van der Waals surface area contributed by atoms with Crippen molar-refractivity contribution in [2.45, 2.75) is 0 Å². The van der Waals surface area contributed by atoms with Crippen LogP contribution in [0.25, 0.3) is 6.08 Å². The molecular formula is C25H22ClN3O4S. The van der Waals surface area contributed by atoms with Gasteiger partial charge in [-0.15, -0.1) is 0 Å². The molecule has 174 valence electrons. The third kappa shape index (κ3) is 4.88. The lowest BCUT2D eigenvalue weighted by atomic mass is 10.2. The molecule has 2 aromatic carbocycles. The number of halogens is 1. The van der Waals surface area contributed by atoms with E-state index in [1.165, 1.54) is 23.8 Å². The maximum atomic E-state index is 13.4. The van der Waals surface area contributed by atoms with Gasteiger partial charge in [0, 0.05) is 19.3 Å². The van der Waals surface area contributed by atoms with Crippen molar-refractivity contribution in [3.05, 3.63) is 82.8 Å². The van der Waals surface area contributed by atoms with E-state index in [9.17, 15) is 9.59 Å². The van der Waals surface area contributed by atoms with Crippen molar-refractivity contribution in [1.82, 2.24) is 4.57 Å². The zero-order valence-corrected chi connectivity index (χ0v) is 20.4. The lowest BCUT2D eigenvalue weighted by Crippen LogP contribution is -2.31. The predicted molar refractivity (Wildman–Crippen MR) is 136 cm³/mol. The average molecular weight is 496 g/mol. The zero-order chi connectivity index (χ0) is 24.2. The molecule has 1 aromatic heterocycles. The highest BCUT2D eigenvalue weighted by atomic mass is 35.5. The molecule has 0 saturated heterocycles. The number of methoxy groups -OCH3 is 2. The first-order chi connectivity index (χ1) is 16.4. The standard InChI is InChI=1S/C25H22ClN3O4S/c1-28-12-4-5-21(28)22(30)15-34-25-27-20(13-16-6-9-18(32-2)10-7-16)24(31)29(25)17-8-11-19(26)23(14-17)33-3/h4-14H,15H2,1-3H3/b20-13-. The smallest absolute Gasteiger partial charge is 0.283 e. The molecule has 0 unspecified atom stereocenters. The molecule has 0 N–H and O–H groups in total. The Morgan fingerprint density at radius 2 is 1.88 bits per heavy atom. The van der Waals surface area contributed by atoms with Gasteiger partial charge in [-0.25, -0.2) is 4.99 Å². The summed E-state index contributed by atoms with van der Waals surface area (Å²) in [7, 11) is 4.92. The summed E-state index contributed by atoms with van der Waals surface area (Å²) < 4.78 is 12.3. The maximum absolute atomic E-state index is 13.4. The number of benzene rings is 2. The van der Waals surface area contributed by atoms with E-state index in [1.807, 2.05) is 43.6 Å². The SMILES string of the molecule is COc1ccc(/C=C2\N=C(SCC(=O)c3cccn3C)N(c3ccc(Cl)c(OC)c3)C2=O)cc1. The van der Waals surface area contributed by atoms with Gasteiger partial charge in [-0.1, -0.05) is 35.5 Å². The van der Waals surface area contributed by atoms with Gasteiger partial charge in [0.05, 0.1) is 36.4 Å². The van der Waals surface area contributed by atoms with Crippen LogP contribution in [0.4, 0.5) is 5.69 Å². The molecule has 0 atom stereocenters. The molecule has 1 aliphatic heterocycles. The van der Waals surface area contributed by atoms with Crippen LogP contribution in [0.1, 0.15) is 16.1 Å². The van der Waals surface area contributed by atoms with Crippen molar-refractivity contribution in [2.24, 2.45) is 12.0 Å². The first kappa shape index (κ1) is 23.7. The third-order valence-electron chi connectivity index (χ3n) is 5.20. The number of nitrogens with zero attached hydrogens (tertiary/aromatic N) is 3. The topological polar surface area (TPSA) is 73.1 Å². The number of anilines is 1. The third-order valence-corrected chi connectivity index (χ3v) is 6.45. The van der Waals surface area contributed by atoms with E-state index in [0.717, 1.165) is 5.56 Å². The zero-order valence-electron chi connectivity index (χ0n) is 18.8. The van der Waals surface area contributed by atoms with E-state index in [2.05, 4.69) is 4.99 Å². The summed E-state index contributed by atoms with van der Waals surface area (Å²) in [5.41, 5.74) is 2.19. The predicted octanol–water partition coefficient (Wildman–Crippen LogP) is 5.06. The molecule has 2 heterocycles. The van der Waals surface area contributed by atoms with Crippen molar-refractivity contribution < 1.29 is 19.1 Å². The number of thioether (sulfide) groups is 1. The van der Waals surface area contributed by atoms with Crippen LogP contribution in [0.15, 0.2) is 71.5 Å². The van der Waals surface area contributed by atoms with E-state index in [4.69, 9.17) is 21.1 Å². The summed E-state index contributed by atoms with van der Waals surface area (Å²) in [5.74, 6) is 0.904. The number of carbonyl (C=O) groups excluding carboxylic acids is 2. The Balaban J connectivity index is 1.67. The molecule has 0 aliphatic carbocycles. The number of amidine groups is 1. The second kappa shape index (κ2) is 10.2.